The van der Waals surface area contributed by atoms with Gasteiger partial charge in [0.2, 0.25) is 5.95 Å². The molecule has 12 heteroatoms. The van der Waals surface area contributed by atoms with Gasteiger partial charge in [0, 0.05) is 0 Å². The normalized spacial score (nSPS) is 32.1. The van der Waals surface area contributed by atoms with Gasteiger partial charge in [0.15, 0.2) is 23.6 Å². The van der Waals surface area contributed by atoms with E-state index in [1.54, 1.807) is 0 Å². The van der Waals surface area contributed by atoms with Crippen LogP contribution in [0.15, 0.2) is 16.2 Å². The van der Waals surface area contributed by atoms with Crippen LogP contribution in [-0.2, 0) is 4.74 Å². The first-order valence-electron chi connectivity index (χ1n) is 7.12. The molecule has 128 valence electrons. The molecular weight excluding hydrogens is 324 g/mol. The highest BCUT2D eigenvalue weighted by Crippen LogP contribution is 2.31. The van der Waals surface area contributed by atoms with Crippen LogP contribution in [0.2, 0.25) is 0 Å². The molecule has 2 aromatic heterocycles. The van der Waals surface area contributed by atoms with Gasteiger partial charge in [-0.15, -0.1) is 0 Å². The molecule has 1 saturated heterocycles. The van der Waals surface area contributed by atoms with Gasteiger partial charge in [0.25, 0.3) is 0 Å². The number of aromatic nitrogens is 4. The van der Waals surface area contributed by atoms with Gasteiger partial charge in [-0.05, 0) is 0 Å². The maximum Gasteiger partial charge on any atom is 0.303 e. The molecule has 4 rings (SSSR count). The number of hydrogen-bond donors (Lipinski definition) is 5. The van der Waals surface area contributed by atoms with Crippen molar-refractivity contribution in [3.05, 3.63) is 16.7 Å². The summed E-state index contributed by atoms with van der Waals surface area (Å²) in [6, 6.07) is 0. The zero-order chi connectivity index (χ0) is 17.0. The molecule has 5 unspecified atom stereocenters. The third-order valence-electron chi connectivity index (χ3n) is 3.97. The van der Waals surface area contributed by atoms with Crippen LogP contribution in [0.25, 0.3) is 11.2 Å². The van der Waals surface area contributed by atoms with Gasteiger partial charge in [0.05, 0.1) is 19.1 Å². The van der Waals surface area contributed by atoms with E-state index in [4.69, 9.17) is 4.74 Å². The van der Waals surface area contributed by atoms with Crippen molar-refractivity contribution in [2.24, 2.45) is 5.10 Å². The largest absolute Gasteiger partial charge is 0.394 e. The van der Waals surface area contributed by atoms with Gasteiger partial charge in [-0.3, -0.25) is 9.36 Å². The third-order valence-corrected chi connectivity index (χ3v) is 3.97. The number of aliphatic hydroxyl groups is 4. The SMILES string of the molecule is O=c1c2ncn(C3OC(CO)C(O)C3O)c2nc2n1N=CC(O)N2. The van der Waals surface area contributed by atoms with E-state index in [9.17, 15) is 25.2 Å². The second-order valence-electron chi connectivity index (χ2n) is 5.46. The zero-order valence-electron chi connectivity index (χ0n) is 12.1. The Morgan fingerprint density at radius 1 is 1.29 bits per heavy atom. The monoisotopic (exact) mass is 338 g/mol. The second-order valence-corrected chi connectivity index (χ2v) is 5.46. The van der Waals surface area contributed by atoms with E-state index in [1.165, 1.54) is 10.9 Å². The molecule has 2 aromatic rings. The number of nitrogens with one attached hydrogen (secondary N) is 1. The Hall–Kier alpha value is -2.38. The molecule has 0 spiro atoms. The van der Waals surface area contributed by atoms with E-state index in [0.717, 1.165) is 10.9 Å². The van der Waals surface area contributed by atoms with E-state index in [0.29, 0.717) is 0 Å². The Labute approximate surface area is 133 Å². The fourth-order valence-electron chi connectivity index (χ4n) is 2.76. The van der Waals surface area contributed by atoms with Crippen LogP contribution in [0.3, 0.4) is 0 Å². The average molecular weight is 338 g/mol. The van der Waals surface area contributed by atoms with Crippen LogP contribution in [0.5, 0.6) is 0 Å². The molecule has 0 radical (unpaired) electrons. The lowest BCUT2D eigenvalue weighted by molar-refractivity contribution is -0.0511. The maximum absolute atomic E-state index is 12.4. The Morgan fingerprint density at radius 3 is 2.79 bits per heavy atom. The fraction of sp³-hybridized carbons (Fsp3) is 0.500. The summed E-state index contributed by atoms with van der Waals surface area (Å²) < 4.78 is 7.65. The quantitative estimate of drug-likeness (QED) is 0.378. The smallest absolute Gasteiger partial charge is 0.303 e. The molecule has 12 nitrogen and oxygen atoms in total. The van der Waals surface area contributed by atoms with Crippen molar-refractivity contribution in [2.45, 2.75) is 30.8 Å². The molecule has 0 amide bonds. The highest BCUT2D eigenvalue weighted by Gasteiger charge is 2.44. The Morgan fingerprint density at radius 2 is 2.08 bits per heavy atom. The van der Waals surface area contributed by atoms with Gasteiger partial charge in [-0.2, -0.15) is 14.8 Å². The van der Waals surface area contributed by atoms with Crippen molar-refractivity contribution in [3.8, 4) is 0 Å². The van der Waals surface area contributed by atoms with Crippen LogP contribution in [0.4, 0.5) is 5.95 Å². The van der Waals surface area contributed by atoms with Crippen LogP contribution in [-0.4, -0.2) is 77.0 Å². The minimum absolute atomic E-state index is 0.00371. The topological polar surface area (TPSA) is 167 Å². The third kappa shape index (κ3) is 2.05. The minimum atomic E-state index is -1.34. The summed E-state index contributed by atoms with van der Waals surface area (Å²) >= 11 is 0. The van der Waals surface area contributed by atoms with Gasteiger partial charge >= 0.3 is 5.56 Å². The van der Waals surface area contributed by atoms with Crippen LogP contribution >= 0.6 is 0 Å². The molecule has 2 aliphatic rings. The van der Waals surface area contributed by atoms with Crippen molar-refractivity contribution in [3.63, 3.8) is 0 Å². The molecule has 4 heterocycles. The van der Waals surface area contributed by atoms with Gasteiger partial charge < -0.3 is 30.5 Å². The zero-order valence-corrected chi connectivity index (χ0v) is 12.1. The van der Waals surface area contributed by atoms with Gasteiger partial charge in [0.1, 0.15) is 18.3 Å². The average Bonchev–Trinajstić information content (AvgIpc) is 3.10. The highest BCUT2D eigenvalue weighted by molar-refractivity contribution is 5.74. The lowest BCUT2D eigenvalue weighted by Gasteiger charge is -2.19. The van der Waals surface area contributed by atoms with Crippen LogP contribution in [0.1, 0.15) is 6.23 Å². The van der Waals surface area contributed by atoms with Crippen molar-refractivity contribution in [1.82, 2.24) is 19.2 Å². The highest BCUT2D eigenvalue weighted by atomic mass is 16.6. The van der Waals surface area contributed by atoms with Crippen molar-refractivity contribution in [1.29, 1.82) is 0 Å². The Balaban J connectivity index is 1.84. The Bertz CT molecular complexity index is 877. The Kier molecular flexibility index (Phi) is 3.36. The molecule has 5 atom stereocenters. The molecule has 2 aliphatic heterocycles. The van der Waals surface area contributed by atoms with E-state index in [-0.39, 0.29) is 17.1 Å². The standard InChI is InChI=1S/C12H14N6O6/c19-2-4-7(21)8(22)11(24-4)17-3-13-6-9(17)16-12-15-5(20)1-14-18(12)10(6)23/h1,3-5,7-8,11,19-22H,2H2,(H,15,16). The predicted octanol–water partition coefficient (Wildman–Crippen LogP) is -3.22. The van der Waals surface area contributed by atoms with E-state index in [1.807, 2.05) is 0 Å². The predicted molar refractivity (Wildman–Crippen MR) is 78.3 cm³/mol. The second kappa shape index (κ2) is 5.32. The fourth-order valence-corrected chi connectivity index (χ4v) is 2.76. The van der Waals surface area contributed by atoms with Crippen LogP contribution in [0, 0.1) is 0 Å². The number of aliphatic hydroxyl groups excluding tert-OH is 4. The molecule has 0 aromatic carbocycles. The summed E-state index contributed by atoms with van der Waals surface area (Å²) in [6.07, 6.45) is -3.40. The first-order valence-corrected chi connectivity index (χ1v) is 7.12. The minimum Gasteiger partial charge on any atom is -0.394 e. The molecule has 1 fully saturated rings. The summed E-state index contributed by atoms with van der Waals surface area (Å²) in [7, 11) is 0. The number of fused-ring (bicyclic) bond motifs is 2. The van der Waals surface area contributed by atoms with Gasteiger partial charge in [-0.1, -0.05) is 0 Å². The van der Waals surface area contributed by atoms with Crippen molar-refractivity contribution < 1.29 is 25.2 Å². The van der Waals surface area contributed by atoms with Crippen molar-refractivity contribution in [2.75, 3.05) is 11.9 Å². The number of hydrogen-bond acceptors (Lipinski definition) is 10. The maximum atomic E-state index is 12.4. The number of ether oxygens (including phenoxy) is 1. The lowest BCUT2D eigenvalue weighted by Crippen LogP contribution is -2.34. The molecule has 0 bridgehead atoms. The first kappa shape index (κ1) is 15.2. The van der Waals surface area contributed by atoms with Crippen molar-refractivity contribution >= 4 is 23.3 Å². The summed E-state index contributed by atoms with van der Waals surface area (Å²) in [6.45, 7) is -0.477. The van der Waals surface area contributed by atoms with Crippen LogP contribution < -0.4 is 10.9 Å². The van der Waals surface area contributed by atoms with Gasteiger partial charge in [-0.25, -0.2) is 4.98 Å². The first-order chi connectivity index (χ1) is 11.5. The summed E-state index contributed by atoms with van der Waals surface area (Å²) in [4.78, 5) is 20.5. The van der Waals surface area contributed by atoms with E-state index in [2.05, 4.69) is 20.4 Å². The number of rotatable bonds is 2. The van der Waals surface area contributed by atoms with E-state index >= 15 is 0 Å². The lowest BCUT2D eigenvalue weighted by atomic mass is 10.1. The molecule has 0 aliphatic carbocycles. The molecule has 0 saturated carbocycles. The number of nitrogens with zero attached hydrogens (tertiary/aromatic N) is 5. The molecular formula is C12H14N6O6. The summed E-state index contributed by atoms with van der Waals surface area (Å²) in [5.74, 6) is -0.00371. The molecule has 24 heavy (non-hydrogen) atoms. The number of imidazole rings is 1. The number of anilines is 1. The molecule has 5 N–H and O–H groups in total. The summed E-state index contributed by atoms with van der Waals surface area (Å²) in [5, 5.41) is 45.0. The van der Waals surface area contributed by atoms with E-state index < -0.39 is 42.9 Å². The summed E-state index contributed by atoms with van der Waals surface area (Å²) in [5.41, 5.74) is -0.513.